The van der Waals surface area contributed by atoms with E-state index < -0.39 is 12.1 Å². The van der Waals surface area contributed by atoms with Gasteiger partial charge in [-0.3, -0.25) is 9.59 Å². The summed E-state index contributed by atoms with van der Waals surface area (Å²) >= 11 is 0. The molecule has 0 bridgehead atoms. The fourth-order valence-electron chi connectivity index (χ4n) is 1.32. The number of aldehydes is 1. The van der Waals surface area contributed by atoms with Gasteiger partial charge in [0, 0.05) is 6.92 Å². The molecule has 0 heterocycles. The Labute approximate surface area is 89.1 Å². The standard InChI is InChI=1S/C12H14O3/c1-10(14)15-12(9-13)8-7-11-5-3-2-4-6-11/h2-6,9,12H,7-8H2,1H3. The average Bonchev–Trinajstić information content (AvgIpc) is 2.25. The molecule has 0 amide bonds. The van der Waals surface area contributed by atoms with Crippen molar-refractivity contribution in [2.75, 3.05) is 0 Å². The van der Waals surface area contributed by atoms with E-state index in [1.54, 1.807) is 0 Å². The fourth-order valence-corrected chi connectivity index (χ4v) is 1.32. The Balaban J connectivity index is 2.41. The van der Waals surface area contributed by atoms with Crippen molar-refractivity contribution < 1.29 is 14.3 Å². The van der Waals surface area contributed by atoms with Crippen molar-refractivity contribution in [3.8, 4) is 0 Å². The summed E-state index contributed by atoms with van der Waals surface area (Å²) in [5.41, 5.74) is 1.14. The maximum Gasteiger partial charge on any atom is 0.303 e. The van der Waals surface area contributed by atoms with Gasteiger partial charge in [0.25, 0.3) is 0 Å². The Hall–Kier alpha value is -1.64. The minimum Gasteiger partial charge on any atom is -0.455 e. The lowest BCUT2D eigenvalue weighted by molar-refractivity contribution is -0.149. The van der Waals surface area contributed by atoms with E-state index in [2.05, 4.69) is 0 Å². The topological polar surface area (TPSA) is 43.4 Å². The summed E-state index contributed by atoms with van der Waals surface area (Å²) in [6.07, 6.45) is 1.32. The van der Waals surface area contributed by atoms with E-state index in [9.17, 15) is 9.59 Å². The average molecular weight is 206 g/mol. The molecule has 1 rings (SSSR count). The first-order chi connectivity index (χ1) is 7.22. The van der Waals surface area contributed by atoms with Gasteiger partial charge in [-0.05, 0) is 18.4 Å². The van der Waals surface area contributed by atoms with Crippen molar-refractivity contribution in [1.82, 2.24) is 0 Å². The SMILES string of the molecule is CC(=O)OC(C=O)CCc1ccccc1. The molecule has 0 radical (unpaired) electrons. The Morgan fingerprint density at radius 3 is 2.60 bits per heavy atom. The monoisotopic (exact) mass is 206 g/mol. The Morgan fingerprint density at radius 1 is 1.40 bits per heavy atom. The second-order valence-corrected chi connectivity index (χ2v) is 3.31. The molecule has 15 heavy (non-hydrogen) atoms. The third kappa shape index (κ3) is 4.40. The molecule has 0 aliphatic carbocycles. The normalized spacial score (nSPS) is 11.8. The van der Waals surface area contributed by atoms with Gasteiger partial charge in [-0.2, -0.15) is 0 Å². The molecule has 0 aliphatic heterocycles. The second kappa shape index (κ2) is 5.96. The van der Waals surface area contributed by atoms with Crippen LogP contribution in [0.1, 0.15) is 18.9 Å². The molecule has 0 saturated carbocycles. The molecular formula is C12H14O3. The van der Waals surface area contributed by atoms with E-state index in [0.29, 0.717) is 12.7 Å². The number of hydrogen-bond donors (Lipinski definition) is 0. The zero-order valence-electron chi connectivity index (χ0n) is 8.68. The zero-order chi connectivity index (χ0) is 11.1. The van der Waals surface area contributed by atoms with E-state index in [0.717, 1.165) is 12.0 Å². The molecule has 0 fully saturated rings. The Kier molecular flexibility index (Phi) is 4.54. The van der Waals surface area contributed by atoms with Crippen LogP contribution in [0.25, 0.3) is 0 Å². The number of carbonyl (C=O) groups excluding carboxylic acids is 2. The summed E-state index contributed by atoms with van der Waals surface area (Å²) in [6, 6.07) is 9.78. The third-order valence-electron chi connectivity index (χ3n) is 2.03. The summed E-state index contributed by atoms with van der Waals surface area (Å²) in [5.74, 6) is -0.417. The first kappa shape index (κ1) is 11.4. The highest BCUT2D eigenvalue weighted by molar-refractivity contribution is 5.69. The molecule has 1 atom stereocenters. The first-order valence-electron chi connectivity index (χ1n) is 4.89. The third-order valence-corrected chi connectivity index (χ3v) is 2.03. The largest absolute Gasteiger partial charge is 0.455 e. The van der Waals surface area contributed by atoms with Gasteiger partial charge in [0.2, 0.25) is 0 Å². The number of rotatable bonds is 5. The number of aryl methyl sites for hydroxylation is 1. The van der Waals surface area contributed by atoms with Crippen LogP contribution in [0.3, 0.4) is 0 Å². The Bertz CT molecular complexity index is 319. The zero-order valence-corrected chi connectivity index (χ0v) is 8.68. The smallest absolute Gasteiger partial charge is 0.303 e. The van der Waals surface area contributed by atoms with E-state index in [-0.39, 0.29) is 0 Å². The van der Waals surface area contributed by atoms with Gasteiger partial charge in [-0.15, -0.1) is 0 Å². The second-order valence-electron chi connectivity index (χ2n) is 3.31. The van der Waals surface area contributed by atoms with Crippen molar-refractivity contribution in [3.05, 3.63) is 35.9 Å². The van der Waals surface area contributed by atoms with Gasteiger partial charge in [0.1, 0.15) is 0 Å². The lowest BCUT2D eigenvalue weighted by Crippen LogP contribution is -2.18. The molecule has 3 nitrogen and oxygen atoms in total. The van der Waals surface area contributed by atoms with Crippen LogP contribution >= 0.6 is 0 Å². The molecule has 0 saturated heterocycles. The number of hydrogen-bond acceptors (Lipinski definition) is 3. The van der Waals surface area contributed by atoms with Crippen molar-refractivity contribution in [2.45, 2.75) is 25.9 Å². The quantitative estimate of drug-likeness (QED) is 0.544. The molecule has 80 valence electrons. The van der Waals surface area contributed by atoms with Gasteiger partial charge >= 0.3 is 5.97 Å². The number of benzene rings is 1. The van der Waals surface area contributed by atoms with Gasteiger partial charge in [0.15, 0.2) is 12.4 Å². The Morgan fingerprint density at radius 2 is 2.07 bits per heavy atom. The van der Waals surface area contributed by atoms with Crippen LogP contribution in [0.5, 0.6) is 0 Å². The van der Waals surface area contributed by atoms with E-state index >= 15 is 0 Å². The summed E-state index contributed by atoms with van der Waals surface area (Å²) in [4.78, 5) is 21.2. The predicted molar refractivity (Wildman–Crippen MR) is 56.4 cm³/mol. The lowest BCUT2D eigenvalue weighted by Gasteiger charge is -2.09. The molecule has 0 aliphatic rings. The van der Waals surface area contributed by atoms with E-state index in [1.807, 2.05) is 30.3 Å². The van der Waals surface area contributed by atoms with Crippen LogP contribution in [-0.2, 0) is 20.7 Å². The molecule has 1 aromatic carbocycles. The van der Waals surface area contributed by atoms with Crippen molar-refractivity contribution >= 4 is 12.3 Å². The fraction of sp³-hybridized carbons (Fsp3) is 0.333. The molecule has 0 N–H and O–H groups in total. The summed E-state index contributed by atoms with van der Waals surface area (Å²) < 4.78 is 4.81. The number of ether oxygens (including phenoxy) is 1. The van der Waals surface area contributed by atoms with E-state index in [4.69, 9.17) is 4.74 Å². The highest BCUT2D eigenvalue weighted by Gasteiger charge is 2.10. The first-order valence-corrected chi connectivity index (χ1v) is 4.89. The summed E-state index contributed by atoms with van der Waals surface area (Å²) in [5, 5.41) is 0. The highest BCUT2D eigenvalue weighted by Crippen LogP contribution is 2.06. The van der Waals surface area contributed by atoms with Crippen LogP contribution in [0, 0.1) is 0 Å². The molecule has 1 aromatic rings. The highest BCUT2D eigenvalue weighted by atomic mass is 16.5. The van der Waals surface area contributed by atoms with Crippen LogP contribution in [0.2, 0.25) is 0 Å². The van der Waals surface area contributed by atoms with Crippen LogP contribution in [0.4, 0.5) is 0 Å². The minimum atomic E-state index is -0.622. The van der Waals surface area contributed by atoms with Crippen molar-refractivity contribution in [1.29, 1.82) is 0 Å². The summed E-state index contributed by atoms with van der Waals surface area (Å²) in [6.45, 7) is 1.30. The lowest BCUT2D eigenvalue weighted by atomic mass is 10.1. The van der Waals surface area contributed by atoms with Crippen molar-refractivity contribution in [2.24, 2.45) is 0 Å². The molecular weight excluding hydrogens is 192 g/mol. The summed E-state index contributed by atoms with van der Waals surface area (Å²) in [7, 11) is 0. The maximum absolute atomic E-state index is 10.6. The van der Waals surface area contributed by atoms with E-state index in [1.165, 1.54) is 6.92 Å². The maximum atomic E-state index is 10.6. The van der Waals surface area contributed by atoms with Gasteiger partial charge < -0.3 is 4.74 Å². The van der Waals surface area contributed by atoms with Crippen LogP contribution in [0.15, 0.2) is 30.3 Å². The minimum absolute atomic E-state index is 0.417. The predicted octanol–water partition coefficient (Wildman–Crippen LogP) is 1.75. The van der Waals surface area contributed by atoms with Gasteiger partial charge in [0.05, 0.1) is 0 Å². The number of esters is 1. The van der Waals surface area contributed by atoms with Crippen LogP contribution < -0.4 is 0 Å². The molecule has 0 spiro atoms. The van der Waals surface area contributed by atoms with Gasteiger partial charge in [-0.25, -0.2) is 0 Å². The molecule has 1 unspecified atom stereocenters. The van der Waals surface area contributed by atoms with Gasteiger partial charge in [-0.1, -0.05) is 30.3 Å². The molecule has 3 heteroatoms. The number of carbonyl (C=O) groups is 2. The van der Waals surface area contributed by atoms with Crippen LogP contribution in [-0.4, -0.2) is 18.4 Å². The van der Waals surface area contributed by atoms with Crippen molar-refractivity contribution in [3.63, 3.8) is 0 Å². The molecule has 0 aromatic heterocycles.